The van der Waals surface area contributed by atoms with Gasteiger partial charge in [-0.05, 0) is 66.0 Å². The lowest BCUT2D eigenvalue weighted by atomic mass is 9.68. The molecule has 2 N–H and O–H groups in total. The molecule has 1 aliphatic carbocycles. The van der Waals surface area contributed by atoms with E-state index < -0.39 is 5.97 Å². The Hall–Kier alpha value is -2.14. The Morgan fingerprint density at radius 2 is 1.70 bits per heavy atom. The van der Waals surface area contributed by atoms with E-state index in [-0.39, 0.29) is 17.4 Å². The highest BCUT2D eigenvalue weighted by molar-refractivity contribution is 7.15. The molecule has 1 aliphatic rings. The average Bonchev–Trinajstić information content (AvgIpc) is 3.05. The van der Waals surface area contributed by atoms with Crippen LogP contribution in [0.25, 0.3) is 0 Å². The summed E-state index contributed by atoms with van der Waals surface area (Å²) in [5.41, 5.74) is 1.96. The van der Waals surface area contributed by atoms with E-state index in [1.54, 1.807) is 24.3 Å². The minimum absolute atomic E-state index is 0.258. The van der Waals surface area contributed by atoms with Crippen LogP contribution in [0.5, 0.6) is 0 Å². The van der Waals surface area contributed by atoms with Crippen molar-refractivity contribution >= 4 is 28.2 Å². The summed E-state index contributed by atoms with van der Waals surface area (Å²) in [5.74, 6) is -0.304. The van der Waals surface area contributed by atoms with Crippen LogP contribution in [-0.4, -0.2) is 17.0 Å². The molecule has 0 radical (unpaired) electrons. The van der Waals surface area contributed by atoms with Gasteiger partial charge in [0.1, 0.15) is 5.00 Å². The van der Waals surface area contributed by atoms with Gasteiger partial charge < -0.3 is 10.4 Å². The minimum Gasteiger partial charge on any atom is -0.478 e. The summed E-state index contributed by atoms with van der Waals surface area (Å²) in [6.45, 7) is 6.84. The van der Waals surface area contributed by atoms with Crippen molar-refractivity contribution in [3.8, 4) is 0 Å². The molecule has 1 amide bonds. The number of carboxylic acid groups (broad SMARTS) is 1. The molecule has 1 aromatic carbocycles. The third-order valence-electron chi connectivity index (χ3n) is 5.69. The maximum atomic E-state index is 12.4. The zero-order valence-electron chi connectivity index (χ0n) is 16.1. The summed E-state index contributed by atoms with van der Waals surface area (Å²) >= 11 is 1.31. The number of carboxylic acids is 1. The first-order valence-corrected chi connectivity index (χ1v) is 10.4. The maximum Gasteiger partial charge on any atom is 0.339 e. The van der Waals surface area contributed by atoms with Gasteiger partial charge in [0.2, 0.25) is 0 Å². The highest BCUT2D eigenvalue weighted by Gasteiger charge is 2.33. The number of rotatable bonds is 4. The van der Waals surface area contributed by atoms with Crippen LogP contribution < -0.4 is 5.32 Å². The van der Waals surface area contributed by atoms with E-state index in [1.165, 1.54) is 11.3 Å². The lowest BCUT2D eigenvalue weighted by molar-refractivity contribution is 0.0695. The molecule has 0 aliphatic heterocycles. The number of nitrogens with one attached hydrogen (secondary N) is 1. The van der Waals surface area contributed by atoms with Crippen LogP contribution in [-0.2, 0) is 0 Å². The highest BCUT2D eigenvalue weighted by Crippen LogP contribution is 2.46. The summed E-state index contributed by atoms with van der Waals surface area (Å²) in [4.78, 5) is 24.4. The van der Waals surface area contributed by atoms with Gasteiger partial charge in [0.05, 0.1) is 5.56 Å². The second-order valence-electron chi connectivity index (χ2n) is 8.44. The van der Waals surface area contributed by atoms with Gasteiger partial charge in [-0.25, -0.2) is 4.79 Å². The molecule has 1 heterocycles. The first-order valence-electron chi connectivity index (χ1n) is 9.48. The van der Waals surface area contributed by atoms with E-state index in [1.807, 2.05) is 11.4 Å². The van der Waals surface area contributed by atoms with Crippen LogP contribution in [0.4, 0.5) is 5.00 Å². The minimum atomic E-state index is -0.965. The molecule has 144 valence electrons. The molecule has 0 bridgehead atoms. The Labute approximate surface area is 164 Å². The quantitative estimate of drug-likeness (QED) is 0.676. The second-order valence-corrected chi connectivity index (χ2v) is 9.31. The molecule has 4 nitrogen and oxygen atoms in total. The molecule has 0 atom stereocenters. The van der Waals surface area contributed by atoms with E-state index in [0.29, 0.717) is 21.9 Å². The molecule has 27 heavy (non-hydrogen) atoms. The van der Waals surface area contributed by atoms with E-state index in [4.69, 9.17) is 0 Å². The number of hydrogen-bond acceptors (Lipinski definition) is 3. The standard InChI is InChI=1S/C22H27NO3S/c1-22(2,3)16-11-9-14(10-12-16)17-13-27-20(18(17)21(25)26)23-19(24)15-7-5-4-6-8-15/h4-8,13-14,16H,9-12H2,1-3H3,(H,23,24)(H,25,26)/t14-,16-. The molecule has 1 saturated carbocycles. The molecule has 1 aromatic heterocycles. The zero-order valence-corrected chi connectivity index (χ0v) is 16.9. The Balaban J connectivity index is 1.78. The predicted octanol–water partition coefficient (Wildman–Crippen LogP) is 6.02. The van der Waals surface area contributed by atoms with Crippen molar-refractivity contribution < 1.29 is 14.7 Å². The van der Waals surface area contributed by atoms with Gasteiger partial charge in [-0.2, -0.15) is 0 Å². The van der Waals surface area contributed by atoms with Crippen LogP contribution in [0.1, 0.15) is 78.7 Å². The van der Waals surface area contributed by atoms with E-state index in [2.05, 4.69) is 26.1 Å². The number of amides is 1. The Bertz CT molecular complexity index is 812. The van der Waals surface area contributed by atoms with Crippen LogP contribution in [0.3, 0.4) is 0 Å². The lowest BCUT2D eigenvalue weighted by Gasteiger charge is -2.37. The number of carbonyl (C=O) groups is 2. The molecule has 0 unspecified atom stereocenters. The van der Waals surface area contributed by atoms with Crippen LogP contribution >= 0.6 is 11.3 Å². The summed E-state index contributed by atoms with van der Waals surface area (Å²) < 4.78 is 0. The number of aromatic carboxylic acids is 1. The second kappa shape index (κ2) is 7.85. The third-order valence-corrected chi connectivity index (χ3v) is 6.60. The number of anilines is 1. The molecule has 1 fully saturated rings. The fourth-order valence-corrected chi connectivity index (χ4v) is 5.05. The van der Waals surface area contributed by atoms with E-state index >= 15 is 0 Å². The number of benzene rings is 1. The smallest absolute Gasteiger partial charge is 0.339 e. The van der Waals surface area contributed by atoms with Crippen molar-refractivity contribution in [1.82, 2.24) is 0 Å². The lowest BCUT2D eigenvalue weighted by Crippen LogP contribution is -2.25. The van der Waals surface area contributed by atoms with E-state index in [0.717, 1.165) is 31.2 Å². The SMILES string of the molecule is CC(C)(C)[C@H]1CC[C@H](c2csc(NC(=O)c3ccccc3)c2C(=O)O)CC1. The van der Waals surface area contributed by atoms with Crippen LogP contribution in [0.15, 0.2) is 35.7 Å². The zero-order chi connectivity index (χ0) is 19.6. The molecular formula is C22H27NO3S. The summed E-state index contributed by atoms with van der Waals surface area (Å²) in [5, 5.41) is 14.9. The highest BCUT2D eigenvalue weighted by atomic mass is 32.1. The summed E-state index contributed by atoms with van der Waals surface area (Å²) in [6.07, 6.45) is 4.25. The first kappa shape index (κ1) is 19.6. The van der Waals surface area contributed by atoms with Gasteiger partial charge in [0.25, 0.3) is 5.91 Å². The number of hydrogen-bond donors (Lipinski definition) is 2. The van der Waals surface area contributed by atoms with Crippen molar-refractivity contribution in [3.05, 3.63) is 52.4 Å². The van der Waals surface area contributed by atoms with Gasteiger partial charge in [-0.1, -0.05) is 39.0 Å². The molecular weight excluding hydrogens is 358 g/mol. The van der Waals surface area contributed by atoms with Crippen molar-refractivity contribution in [1.29, 1.82) is 0 Å². The Morgan fingerprint density at radius 3 is 2.26 bits per heavy atom. The molecule has 2 aromatic rings. The van der Waals surface area contributed by atoms with Gasteiger partial charge in [0, 0.05) is 5.56 Å². The van der Waals surface area contributed by atoms with Gasteiger partial charge in [-0.15, -0.1) is 11.3 Å². The van der Waals surface area contributed by atoms with Crippen molar-refractivity contribution in [2.24, 2.45) is 11.3 Å². The fourth-order valence-electron chi connectivity index (χ4n) is 4.02. The van der Waals surface area contributed by atoms with Crippen molar-refractivity contribution in [3.63, 3.8) is 0 Å². The van der Waals surface area contributed by atoms with Crippen molar-refractivity contribution in [2.45, 2.75) is 52.4 Å². The van der Waals surface area contributed by atoms with Gasteiger partial charge in [-0.3, -0.25) is 4.79 Å². The first-order chi connectivity index (χ1) is 12.8. The Morgan fingerprint density at radius 1 is 1.07 bits per heavy atom. The normalized spacial score (nSPS) is 20.3. The summed E-state index contributed by atoms with van der Waals surface area (Å²) in [7, 11) is 0. The molecule has 5 heteroatoms. The number of carbonyl (C=O) groups excluding carboxylic acids is 1. The van der Waals surface area contributed by atoms with Gasteiger partial charge >= 0.3 is 5.97 Å². The molecule has 0 spiro atoms. The summed E-state index contributed by atoms with van der Waals surface area (Å²) in [6, 6.07) is 8.87. The third kappa shape index (κ3) is 4.41. The van der Waals surface area contributed by atoms with Crippen molar-refractivity contribution in [2.75, 3.05) is 5.32 Å². The average molecular weight is 386 g/mol. The maximum absolute atomic E-state index is 12.4. The molecule has 3 rings (SSSR count). The van der Waals surface area contributed by atoms with Gasteiger partial charge in [0.15, 0.2) is 0 Å². The fraction of sp³-hybridized carbons (Fsp3) is 0.455. The largest absolute Gasteiger partial charge is 0.478 e. The monoisotopic (exact) mass is 385 g/mol. The Kier molecular flexibility index (Phi) is 5.70. The topological polar surface area (TPSA) is 66.4 Å². The van der Waals surface area contributed by atoms with Crippen LogP contribution in [0.2, 0.25) is 0 Å². The number of thiophene rings is 1. The predicted molar refractivity (Wildman–Crippen MR) is 110 cm³/mol. The van der Waals surface area contributed by atoms with Crippen LogP contribution in [0, 0.1) is 11.3 Å². The molecule has 0 saturated heterocycles. The van der Waals surface area contributed by atoms with E-state index in [9.17, 15) is 14.7 Å².